The van der Waals surface area contributed by atoms with Gasteiger partial charge in [0.25, 0.3) is 0 Å². The first kappa shape index (κ1) is 27.1. The predicted octanol–water partition coefficient (Wildman–Crippen LogP) is 6.21. The number of carbonyl (C=O) groups excluding carboxylic acids is 2. The minimum Gasteiger partial charge on any atom is -0.442 e. The van der Waals surface area contributed by atoms with Gasteiger partial charge >= 0.3 is 6.09 Å². The van der Waals surface area contributed by atoms with Gasteiger partial charge in [-0.1, -0.05) is 37.3 Å². The molecular formula is C28H36N4O4. The summed E-state index contributed by atoms with van der Waals surface area (Å²) in [5, 5.41) is 4.87. The van der Waals surface area contributed by atoms with Crippen molar-refractivity contribution >= 4 is 28.8 Å². The van der Waals surface area contributed by atoms with Crippen molar-refractivity contribution in [3.05, 3.63) is 48.2 Å². The first-order valence-corrected chi connectivity index (χ1v) is 12.1. The van der Waals surface area contributed by atoms with Crippen molar-refractivity contribution in [1.29, 1.82) is 0 Å². The van der Waals surface area contributed by atoms with E-state index in [1.54, 1.807) is 33.0 Å². The number of ether oxygens (including phenoxy) is 2. The van der Waals surface area contributed by atoms with Gasteiger partial charge in [-0.05, 0) is 72.1 Å². The summed E-state index contributed by atoms with van der Waals surface area (Å²) in [6.07, 6.45) is 3.32. The van der Waals surface area contributed by atoms with Crippen LogP contribution in [-0.4, -0.2) is 39.2 Å². The SMILES string of the molecule is CCC(OC(C)(C)C)(c1ccc(-c2ccc3c(cnn3C(=O)OC(C)(C)C)c2N)cc1)C(C)N=C=O. The van der Waals surface area contributed by atoms with E-state index < -0.39 is 28.9 Å². The summed E-state index contributed by atoms with van der Waals surface area (Å²) in [6.45, 7) is 15.2. The lowest BCUT2D eigenvalue weighted by Crippen LogP contribution is -2.44. The Kier molecular flexibility index (Phi) is 7.44. The molecule has 2 aromatic carbocycles. The average Bonchev–Trinajstić information content (AvgIpc) is 3.22. The molecule has 192 valence electrons. The Labute approximate surface area is 212 Å². The van der Waals surface area contributed by atoms with Gasteiger partial charge in [0.2, 0.25) is 6.08 Å². The lowest BCUT2D eigenvalue weighted by molar-refractivity contribution is -0.149. The first-order chi connectivity index (χ1) is 16.7. The number of aromatic nitrogens is 2. The molecule has 3 rings (SSSR count). The number of carbonyl (C=O) groups is 1. The van der Waals surface area contributed by atoms with E-state index in [2.05, 4.69) is 10.1 Å². The maximum absolute atomic E-state index is 12.6. The van der Waals surface area contributed by atoms with Gasteiger partial charge in [-0.2, -0.15) is 14.8 Å². The van der Waals surface area contributed by atoms with Crippen molar-refractivity contribution in [2.24, 2.45) is 4.99 Å². The zero-order valence-corrected chi connectivity index (χ0v) is 22.4. The van der Waals surface area contributed by atoms with Crippen LogP contribution in [0.4, 0.5) is 10.5 Å². The number of hydrogen-bond donors (Lipinski definition) is 1. The highest BCUT2D eigenvalue weighted by Gasteiger charge is 2.41. The summed E-state index contributed by atoms with van der Waals surface area (Å²) in [4.78, 5) is 27.6. The van der Waals surface area contributed by atoms with Crippen molar-refractivity contribution in [2.45, 2.75) is 84.7 Å². The fourth-order valence-electron chi connectivity index (χ4n) is 4.44. The highest BCUT2D eigenvalue weighted by atomic mass is 16.6. The lowest BCUT2D eigenvalue weighted by Gasteiger charge is -2.41. The zero-order valence-electron chi connectivity index (χ0n) is 22.4. The van der Waals surface area contributed by atoms with Gasteiger partial charge in [0.05, 0.1) is 29.0 Å². The third-order valence-electron chi connectivity index (χ3n) is 5.98. The summed E-state index contributed by atoms with van der Waals surface area (Å²) in [7, 11) is 0. The number of nitrogen functional groups attached to an aromatic ring is 1. The van der Waals surface area contributed by atoms with Crippen LogP contribution in [0.25, 0.3) is 22.0 Å². The van der Waals surface area contributed by atoms with Crippen LogP contribution in [-0.2, 0) is 19.9 Å². The molecule has 2 N–H and O–H groups in total. The summed E-state index contributed by atoms with van der Waals surface area (Å²) in [5.74, 6) is 0. The normalized spacial score (nSPS) is 14.7. The molecule has 2 unspecified atom stereocenters. The third kappa shape index (κ3) is 5.50. The summed E-state index contributed by atoms with van der Waals surface area (Å²) >= 11 is 0. The smallest absolute Gasteiger partial charge is 0.435 e. The highest BCUT2D eigenvalue weighted by Crippen LogP contribution is 2.40. The summed E-state index contributed by atoms with van der Waals surface area (Å²) in [6, 6.07) is 11.2. The Morgan fingerprint density at radius 1 is 1.08 bits per heavy atom. The standard InChI is InChI=1S/C28H36N4O4/c1-9-28(18(2)30-17-33,36-27(6,7)8)20-12-10-19(11-13-20)21-14-15-23-22(24(21)29)16-31-32(23)25(34)35-26(3,4)5/h10-16,18H,9,29H2,1-8H3. The van der Waals surface area contributed by atoms with E-state index in [-0.39, 0.29) is 0 Å². The van der Waals surface area contributed by atoms with Gasteiger partial charge < -0.3 is 15.2 Å². The molecule has 0 aliphatic carbocycles. The number of nitrogens with zero attached hydrogens (tertiary/aromatic N) is 3. The average molecular weight is 493 g/mol. The molecule has 0 saturated carbocycles. The molecule has 0 aliphatic rings. The molecule has 0 radical (unpaired) electrons. The molecule has 0 bridgehead atoms. The number of fused-ring (bicyclic) bond motifs is 1. The van der Waals surface area contributed by atoms with Crippen LogP contribution in [0.15, 0.2) is 47.6 Å². The molecule has 0 aliphatic heterocycles. The first-order valence-electron chi connectivity index (χ1n) is 12.1. The van der Waals surface area contributed by atoms with Crippen LogP contribution < -0.4 is 5.73 Å². The van der Waals surface area contributed by atoms with Crippen LogP contribution in [0.1, 0.15) is 67.4 Å². The van der Waals surface area contributed by atoms with Gasteiger partial charge in [0.1, 0.15) is 11.2 Å². The van der Waals surface area contributed by atoms with E-state index in [0.717, 1.165) is 16.7 Å². The molecule has 8 heteroatoms. The summed E-state index contributed by atoms with van der Waals surface area (Å²) < 4.78 is 13.2. The molecule has 36 heavy (non-hydrogen) atoms. The molecule has 2 atom stereocenters. The second-order valence-corrected chi connectivity index (χ2v) is 10.9. The number of rotatable bonds is 6. The number of isocyanates is 1. The van der Waals surface area contributed by atoms with E-state index in [0.29, 0.717) is 23.0 Å². The fourth-order valence-corrected chi connectivity index (χ4v) is 4.44. The number of aliphatic imine (C=N–C) groups is 1. The maximum atomic E-state index is 12.6. The fraction of sp³-hybridized carbons (Fsp3) is 0.464. The van der Waals surface area contributed by atoms with E-state index in [1.807, 2.05) is 71.0 Å². The molecule has 0 saturated heterocycles. The molecular weight excluding hydrogens is 456 g/mol. The van der Waals surface area contributed by atoms with Crippen molar-refractivity contribution < 1.29 is 19.1 Å². The van der Waals surface area contributed by atoms with Gasteiger partial charge in [-0.15, -0.1) is 0 Å². The molecule has 0 fully saturated rings. The minimum absolute atomic E-state index is 0.426. The predicted molar refractivity (Wildman–Crippen MR) is 142 cm³/mol. The molecule has 1 aromatic heterocycles. The van der Waals surface area contributed by atoms with Crippen LogP contribution in [0.5, 0.6) is 0 Å². The van der Waals surface area contributed by atoms with E-state index in [1.165, 1.54) is 4.68 Å². The Hall–Kier alpha value is -3.48. The van der Waals surface area contributed by atoms with Crippen LogP contribution in [0, 0.1) is 0 Å². The van der Waals surface area contributed by atoms with Crippen molar-refractivity contribution in [2.75, 3.05) is 5.73 Å². The maximum Gasteiger partial charge on any atom is 0.435 e. The van der Waals surface area contributed by atoms with Crippen molar-refractivity contribution in [1.82, 2.24) is 9.78 Å². The monoisotopic (exact) mass is 492 g/mol. The van der Waals surface area contributed by atoms with Gasteiger partial charge in [0, 0.05) is 10.9 Å². The van der Waals surface area contributed by atoms with Gasteiger partial charge in [0.15, 0.2) is 0 Å². The van der Waals surface area contributed by atoms with Crippen molar-refractivity contribution in [3.63, 3.8) is 0 Å². The van der Waals surface area contributed by atoms with Crippen LogP contribution in [0.3, 0.4) is 0 Å². The Bertz CT molecular complexity index is 1290. The highest BCUT2D eigenvalue weighted by molar-refractivity contribution is 6.01. The second kappa shape index (κ2) is 9.88. The number of nitrogens with two attached hydrogens (primary N) is 1. The molecule has 0 spiro atoms. The molecule has 1 heterocycles. The number of anilines is 1. The minimum atomic E-state index is -0.793. The molecule has 0 amide bonds. The van der Waals surface area contributed by atoms with E-state index in [9.17, 15) is 9.59 Å². The number of hydrogen-bond acceptors (Lipinski definition) is 7. The lowest BCUT2D eigenvalue weighted by atomic mass is 9.83. The quantitative estimate of drug-likeness (QED) is 0.249. The van der Waals surface area contributed by atoms with E-state index in [4.69, 9.17) is 15.2 Å². The van der Waals surface area contributed by atoms with Crippen molar-refractivity contribution in [3.8, 4) is 11.1 Å². The third-order valence-corrected chi connectivity index (χ3v) is 5.98. The molecule has 8 nitrogen and oxygen atoms in total. The topological polar surface area (TPSA) is 109 Å². The van der Waals surface area contributed by atoms with E-state index >= 15 is 0 Å². The van der Waals surface area contributed by atoms with Gasteiger partial charge in [-0.25, -0.2) is 9.59 Å². The Morgan fingerprint density at radius 3 is 2.25 bits per heavy atom. The van der Waals surface area contributed by atoms with Gasteiger partial charge in [-0.3, -0.25) is 0 Å². The second-order valence-electron chi connectivity index (χ2n) is 10.9. The Morgan fingerprint density at radius 2 is 1.72 bits per heavy atom. The molecule has 3 aromatic rings. The van der Waals surface area contributed by atoms with Crippen LogP contribution >= 0.6 is 0 Å². The Balaban J connectivity index is 2.03. The zero-order chi connectivity index (χ0) is 26.9. The van der Waals surface area contributed by atoms with Crippen LogP contribution in [0.2, 0.25) is 0 Å². The largest absolute Gasteiger partial charge is 0.442 e. The summed E-state index contributed by atoms with van der Waals surface area (Å²) in [5.41, 5.74) is 8.36. The number of benzene rings is 2.